The Bertz CT molecular complexity index is 225. The van der Waals surface area contributed by atoms with Gasteiger partial charge in [0.1, 0.15) is 0 Å². The van der Waals surface area contributed by atoms with Crippen LogP contribution in [0.3, 0.4) is 0 Å². The number of hydrogen-bond acceptors (Lipinski definition) is 4. The zero-order valence-corrected chi connectivity index (χ0v) is 8.24. The van der Waals surface area contributed by atoms with E-state index in [1.807, 2.05) is 0 Å². The van der Waals surface area contributed by atoms with Crippen LogP contribution in [0.5, 0.6) is 0 Å². The van der Waals surface area contributed by atoms with Gasteiger partial charge in [-0.3, -0.25) is 0 Å². The zero-order valence-electron chi connectivity index (χ0n) is 7.60. The van der Waals surface area contributed by atoms with Crippen LogP contribution in [-0.4, -0.2) is 29.3 Å². The normalized spacial score (nSPS) is 10.5. The van der Waals surface area contributed by atoms with Gasteiger partial charge in [0, 0.05) is 0 Å². The summed E-state index contributed by atoms with van der Waals surface area (Å²) in [6, 6.07) is 0. The fraction of sp³-hybridized carbons (Fsp3) is 1.00. The van der Waals surface area contributed by atoms with Crippen molar-refractivity contribution in [3.05, 3.63) is 0 Å². The van der Waals surface area contributed by atoms with Crippen molar-refractivity contribution < 1.29 is 37.1 Å². The van der Waals surface area contributed by atoms with Gasteiger partial charge in [-0.2, -0.15) is 0 Å². The summed E-state index contributed by atoms with van der Waals surface area (Å²) in [4.78, 5) is 0. The molecule has 4 N–H and O–H groups in total. The Morgan fingerprint density at radius 1 is 0.909 bits per heavy atom. The molecule has 0 amide bonds. The summed E-state index contributed by atoms with van der Waals surface area (Å²) in [5.41, 5.74) is 0. The van der Waals surface area contributed by atoms with E-state index in [4.69, 9.17) is 0 Å². The number of hydrogen-bond donors (Lipinski definition) is 2. The summed E-state index contributed by atoms with van der Waals surface area (Å²) in [7, 11) is -6.33. The Balaban J connectivity index is -0.0000000457. The van der Waals surface area contributed by atoms with E-state index >= 15 is 0 Å². The van der Waals surface area contributed by atoms with Gasteiger partial charge in [-0.15, -0.1) is 0 Å². The van der Waals surface area contributed by atoms with Crippen LogP contribution >= 0.6 is 0 Å². The van der Waals surface area contributed by atoms with Gasteiger partial charge in [0.05, 0.1) is 12.5 Å². The fourth-order valence-corrected chi connectivity index (χ4v) is 0. The molecule has 9 heteroatoms. The van der Waals surface area contributed by atoms with Crippen LogP contribution in [0.4, 0.5) is 0 Å². The van der Waals surface area contributed by atoms with Gasteiger partial charge in [-0.25, -0.2) is 27.1 Å². The molecule has 0 unspecified atom stereocenters. The summed E-state index contributed by atoms with van der Waals surface area (Å²) in [5, 5.41) is 8.65. The average molecular weight is 198 g/mol. The standard InChI is InChI=1S/2CH5NO2S.Li.H/c2*1-5(2,3)4;;/h2*1H3,(H2,2,3,4);;/q;;+1;-1. The molecule has 0 aromatic rings. The molecule has 0 bridgehead atoms. The van der Waals surface area contributed by atoms with E-state index in [0.29, 0.717) is 0 Å². The molecular formula is C2H11LiN2O4S2. The SMILES string of the molecule is CS(N)(=O)=O.CS(N)(=O)=O.[H-].[Li+]. The molecule has 0 heterocycles. The average Bonchev–Trinajstić information content (AvgIpc) is 1.12. The molecule has 0 radical (unpaired) electrons. The van der Waals surface area contributed by atoms with E-state index in [0.717, 1.165) is 12.5 Å². The van der Waals surface area contributed by atoms with E-state index in [1.165, 1.54) is 0 Å². The largest absolute Gasteiger partial charge is 1.00 e. The topological polar surface area (TPSA) is 120 Å². The second-order valence-electron chi connectivity index (χ2n) is 1.66. The first-order valence-corrected chi connectivity index (χ1v) is 5.86. The van der Waals surface area contributed by atoms with Crippen LogP contribution in [-0.2, 0) is 20.0 Å². The monoisotopic (exact) mass is 198 g/mol. The third-order valence-corrected chi connectivity index (χ3v) is 0. The second-order valence-corrected chi connectivity index (χ2v) is 4.98. The van der Waals surface area contributed by atoms with Crippen LogP contribution in [0.1, 0.15) is 1.43 Å². The summed E-state index contributed by atoms with van der Waals surface area (Å²) >= 11 is 0. The van der Waals surface area contributed by atoms with E-state index < -0.39 is 20.0 Å². The van der Waals surface area contributed by atoms with Crippen molar-refractivity contribution in [1.29, 1.82) is 0 Å². The maximum absolute atomic E-state index is 9.41. The Morgan fingerprint density at radius 3 is 0.909 bits per heavy atom. The minimum Gasteiger partial charge on any atom is -1.00 e. The molecule has 0 aliphatic carbocycles. The Labute approximate surface area is 80.1 Å². The Morgan fingerprint density at radius 2 is 0.909 bits per heavy atom. The van der Waals surface area contributed by atoms with Crippen LogP contribution in [0.15, 0.2) is 0 Å². The van der Waals surface area contributed by atoms with Gasteiger partial charge in [0.2, 0.25) is 20.0 Å². The smallest absolute Gasteiger partial charge is 1.00 e. The molecule has 0 rings (SSSR count). The minimum absolute atomic E-state index is 0. The summed E-state index contributed by atoms with van der Waals surface area (Å²) in [6.07, 6.45) is 1.88. The van der Waals surface area contributed by atoms with E-state index in [-0.39, 0.29) is 20.3 Å². The summed E-state index contributed by atoms with van der Waals surface area (Å²) < 4.78 is 37.6. The van der Waals surface area contributed by atoms with E-state index in [1.54, 1.807) is 0 Å². The molecular weight excluding hydrogens is 187 g/mol. The predicted octanol–water partition coefficient (Wildman–Crippen LogP) is -5.07. The van der Waals surface area contributed by atoms with Crippen LogP contribution in [0.25, 0.3) is 0 Å². The van der Waals surface area contributed by atoms with Crippen molar-refractivity contribution in [2.75, 3.05) is 12.5 Å². The minimum atomic E-state index is -3.17. The van der Waals surface area contributed by atoms with E-state index in [9.17, 15) is 16.8 Å². The van der Waals surface area contributed by atoms with Gasteiger partial charge < -0.3 is 1.43 Å². The van der Waals surface area contributed by atoms with Crippen molar-refractivity contribution in [3.63, 3.8) is 0 Å². The van der Waals surface area contributed by atoms with Crippen molar-refractivity contribution in [3.8, 4) is 0 Å². The Hall–Kier alpha value is 0.417. The molecule has 66 valence electrons. The van der Waals surface area contributed by atoms with Gasteiger partial charge in [-0.05, 0) is 0 Å². The first-order chi connectivity index (χ1) is 4.00. The molecule has 0 atom stereocenters. The summed E-state index contributed by atoms with van der Waals surface area (Å²) in [6.45, 7) is 0. The first kappa shape index (κ1) is 17.5. The van der Waals surface area contributed by atoms with Crippen LogP contribution in [0.2, 0.25) is 0 Å². The predicted molar refractivity (Wildman–Crippen MR) is 39.2 cm³/mol. The van der Waals surface area contributed by atoms with Crippen molar-refractivity contribution >= 4 is 20.0 Å². The molecule has 0 saturated carbocycles. The third kappa shape index (κ3) is 4240. The van der Waals surface area contributed by atoms with Crippen molar-refractivity contribution in [2.24, 2.45) is 10.3 Å². The Kier molecular flexibility index (Phi) is 9.53. The molecule has 0 aliphatic rings. The van der Waals surface area contributed by atoms with Gasteiger partial charge in [0.15, 0.2) is 0 Å². The van der Waals surface area contributed by atoms with Gasteiger partial charge in [-0.1, -0.05) is 0 Å². The maximum atomic E-state index is 9.41. The van der Waals surface area contributed by atoms with E-state index in [2.05, 4.69) is 10.3 Å². The molecule has 0 aromatic carbocycles. The molecule has 0 saturated heterocycles. The third-order valence-electron chi connectivity index (χ3n) is 0. The molecule has 0 fully saturated rings. The van der Waals surface area contributed by atoms with Crippen LogP contribution < -0.4 is 29.1 Å². The molecule has 0 spiro atoms. The van der Waals surface area contributed by atoms with Gasteiger partial charge >= 0.3 is 18.9 Å². The summed E-state index contributed by atoms with van der Waals surface area (Å²) in [5.74, 6) is 0. The number of rotatable bonds is 0. The van der Waals surface area contributed by atoms with Gasteiger partial charge in [0.25, 0.3) is 0 Å². The fourth-order valence-electron chi connectivity index (χ4n) is 0. The number of nitrogens with two attached hydrogens (primary N) is 2. The van der Waals surface area contributed by atoms with Crippen molar-refractivity contribution in [2.45, 2.75) is 0 Å². The second kappa shape index (κ2) is 5.99. The number of primary sulfonamides is 2. The maximum Gasteiger partial charge on any atom is 1.00 e. The molecule has 0 aromatic heterocycles. The zero-order chi connectivity index (χ0) is 9.00. The first-order valence-electron chi connectivity index (χ1n) is 1.95. The molecule has 11 heavy (non-hydrogen) atoms. The van der Waals surface area contributed by atoms with Crippen LogP contribution in [0, 0.1) is 0 Å². The number of sulfonamides is 2. The molecule has 6 nitrogen and oxygen atoms in total. The quantitative estimate of drug-likeness (QED) is 0.378. The molecule has 0 aliphatic heterocycles. The van der Waals surface area contributed by atoms with Crippen molar-refractivity contribution in [1.82, 2.24) is 0 Å².